The molecule has 0 radical (unpaired) electrons. The number of nitro groups is 1. The van der Waals surface area contributed by atoms with Crippen molar-refractivity contribution >= 4 is 34.8 Å². The van der Waals surface area contributed by atoms with Gasteiger partial charge in [0.2, 0.25) is 0 Å². The van der Waals surface area contributed by atoms with Gasteiger partial charge >= 0.3 is 5.97 Å². The lowest BCUT2D eigenvalue weighted by Gasteiger charge is -2.01. The lowest BCUT2D eigenvalue weighted by Crippen LogP contribution is -1.99. The van der Waals surface area contributed by atoms with Crippen LogP contribution in [0, 0.1) is 17.0 Å². The van der Waals surface area contributed by atoms with Crippen LogP contribution in [0.15, 0.2) is 32.8 Å². The van der Waals surface area contributed by atoms with Crippen LogP contribution in [-0.2, 0) is 11.2 Å². The molecule has 0 aliphatic heterocycles. The number of carbonyl (C=O) groups is 1. The molecule has 0 unspecified atom stereocenters. The molecule has 1 N–H and O–H groups in total. The van der Waals surface area contributed by atoms with E-state index in [0.717, 1.165) is 5.56 Å². The maximum atomic E-state index is 11.0. The normalized spacial score (nSPS) is 10.4. The summed E-state index contributed by atoms with van der Waals surface area (Å²) in [7, 11) is 0. The van der Waals surface area contributed by atoms with Gasteiger partial charge in [-0.15, -0.1) is 11.3 Å². The second-order valence-electron chi connectivity index (χ2n) is 4.01. The number of aromatic nitrogens is 1. The Balaban J connectivity index is 2.25. The molecule has 0 atom stereocenters. The summed E-state index contributed by atoms with van der Waals surface area (Å²) < 4.78 is 0.593. The molecule has 0 bridgehead atoms. The fourth-order valence-electron chi connectivity index (χ4n) is 1.52. The van der Waals surface area contributed by atoms with Crippen LogP contribution < -0.4 is 0 Å². The van der Waals surface area contributed by atoms with Gasteiger partial charge in [-0.1, -0.05) is 17.8 Å². The number of aryl methyl sites for hydroxylation is 1. The Morgan fingerprint density at radius 3 is 2.95 bits per heavy atom. The average Bonchev–Trinajstić information content (AvgIpc) is 2.75. The monoisotopic (exact) mass is 310 g/mol. The average molecular weight is 310 g/mol. The highest BCUT2D eigenvalue weighted by Crippen LogP contribution is 2.36. The van der Waals surface area contributed by atoms with Crippen molar-refractivity contribution in [2.75, 3.05) is 0 Å². The van der Waals surface area contributed by atoms with Gasteiger partial charge in [0.25, 0.3) is 5.69 Å². The van der Waals surface area contributed by atoms with Gasteiger partial charge in [-0.2, -0.15) is 0 Å². The van der Waals surface area contributed by atoms with Crippen LogP contribution in [0.3, 0.4) is 0 Å². The highest BCUT2D eigenvalue weighted by molar-refractivity contribution is 8.01. The molecule has 0 fully saturated rings. The summed E-state index contributed by atoms with van der Waals surface area (Å²) in [5.41, 5.74) is 1.40. The summed E-state index contributed by atoms with van der Waals surface area (Å²) >= 11 is 2.46. The number of benzene rings is 1. The molecule has 2 rings (SSSR count). The number of aliphatic carboxylic acids is 1. The van der Waals surface area contributed by atoms with Crippen molar-refractivity contribution in [3.63, 3.8) is 0 Å². The smallest absolute Gasteiger partial charge is 0.309 e. The Labute approximate surface area is 122 Å². The minimum absolute atomic E-state index is 0.0237. The van der Waals surface area contributed by atoms with Crippen LogP contribution in [0.4, 0.5) is 5.69 Å². The zero-order chi connectivity index (χ0) is 14.7. The third-order valence-corrected chi connectivity index (χ3v) is 4.41. The lowest BCUT2D eigenvalue weighted by atomic mass is 10.2. The Morgan fingerprint density at radius 1 is 1.55 bits per heavy atom. The first-order valence-corrected chi connectivity index (χ1v) is 7.24. The van der Waals surface area contributed by atoms with Crippen LogP contribution >= 0.6 is 23.1 Å². The number of carboxylic acid groups (broad SMARTS) is 1. The van der Waals surface area contributed by atoms with Crippen molar-refractivity contribution in [2.24, 2.45) is 0 Å². The van der Waals surface area contributed by atoms with Gasteiger partial charge < -0.3 is 5.11 Å². The zero-order valence-corrected chi connectivity index (χ0v) is 12.0. The quantitative estimate of drug-likeness (QED) is 0.673. The largest absolute Gasteiger partial charge is 0.481 e. The van der Waals surface area contributed by atoms with E-state index in [9.17, 15) is 14.9 Å². The summed E-state index contributed by atoms with van der Waals surface area (Å²) in [5, 5.41) is 21.3. The van der Waals surface area contributed by atoms with Crippen molar-refractivity contribution < 1.29 is 14.8 Å². The number of hydrogen-bond acceptors (Lipinski definition) is 6. The van der Waals surface area contributed by atoms with Crippen molar-refractivity contribution in [1.29, 1.82) is 0 Å². The number of thiazole rings is 1. The van der Waals surface area contributed by atoms with Crippen molar-refractivity contribution in [2.45, 2.75) is 22.6 Å². The number of nitrogens with zero attached hydrogens (tertiary/aromatic N) is 2. The van der Waals surface area contributed by atoms with E-state index in [4.69, 9.17) is 5.11 Å². The molecule has 6 nitrogen and oxygen atoms in total. The summed E-state index contributed by atoms with van der Waals surface area (Å²) in [5.74, 6) is -0.951. The topological polar surface area (TPSA) is 93.3 Å². The number of carboxylic acids is 1. The Morgan fingerprint density at radius 2 is 2.30 bits per heavy atom. The maximum absolute atomic E-state index is 11.0. The predicted octanol–water partition coefficient (Wildman–Crippen LogP) is 3.14. The lowest BCUT2D eigenvalue weighted by molar-refractivity contribution is -0.387. The molecule has 8 heteroatoms. The van der Waals surface area contributed by atoms with Crippen LogP contribution in [0.1, 0.15) is 11.3 Å². The second kappa shape index (κ2) is 6.02. The molecule has 0 amide bonds. The van der Waals surface area contributed by atoms with E-state index < -0.39 is 10.9 Å². The van der Waals surface area contributed by atoms with Crippen molar-refractivity contribution in [3.8, 4) is 0 Å². The second-order valence-corrected chi connectivity index (χ2v) is 6.15. The van der Waals surface area contributed by atoms with Gasteiger partial charge in [0, 0.05) is 11.4 Å². The van der Waals surface area contributed by atoms with E-state index in [1.54, 1.807) is 17.5 Å². The minimum atomic E-state index is -0.951. The van der Waals surface area contributed by atoms with Crippen LogP contribution in [0.5, 0.6) is 0 Å². The fraction of sp³-hybridized carbons (Fsp3) is 0.167. The minimum Gasteiger partial charge on any atom is -0.481 e. The number of hydrogen-bond donors (Lipinski definition) is 1. The molecule has 20 heavy (non-hydrogen) atoms. The summed E-state index contributed by atoms with van der Waals surface area (Å²) in [6.45, 7) is 1.85. The molecular weight excluding hydrogens is 300 g/mol. The van der Waals surface area contributed by atoms with Gasteiger partial charge in [-0.25, -0.2) is 4.98 Å². The van der Waals surface area contributed by atoms with Gasteiger partial charge in [0.1, 0.15) is 0 Å². The molecule has 1 aromatic heterocycles. The Bertz CT molecular complexity index is 669. The third kappa shape index (κ3) is 3.55. The van der Waals surface area contributed by atoms with E-state index in [2.05, 4.69) is 4.98 Å². The number of nitro benzene ring substituents is 1. The molecule has 1 aromatic carbocycles. The first-order chi connectivity index (χ1) is 9.45. The summed E-state index contributed by atoms with van der Waals surface area (Å²) in [6.07, 6.45) is -0.146. The molecular formula is C12H10N2O4S2. The van der Waals surface area contributed by atoms with Crippen molar-refractivity contribution in [1.82, 2.24) is 4.98 Å². The van der Waals surface area contributed by atoms with Crippen LogP contribution in [0.25, 0.3) is 0 Å². The first-order valence-electron chi connectivity index (χ1n) is 5.55. The molecule has 104 valence electrons. The molecule has 2 aromatic rings. The SMILES string of the molecule is Cc1ccc([N+](=O)[O-])c(Sc2nc(CC(=O)O)cs2)c1. The third-order valence-electron chi connectivity index (χ3n) is 2.37. The van der Waals surface area contributed by atoms with Crippen LogP contribution in [-0.4, -0.2) is 21.0 Å². The van der Waals surface area contributed by atoms with Gasteiger partial charge in [-0.3, -0.25) is 14.9 Å². The zero-order valence-electron chi connectivity index (χ0n) is 10.4. The highest BCUT2D eigenvalue weighted by atomic mass is 32.2. The van der Waals surface area contributed by atoms with Gasteiger partial charge in [0.05, 0.1) is 21.9 Å². The standard InChI is InChI=1S/C12H10N2O4S2/c1-7-2-3-9(14(17)18)10(4-7)20-12-13-8(6-19-12)5-11(15)16/h2-4,6H,5H2,1H3,(H,15,16). The predicted molar refractivity (Wildman–Crippen MR) is 75.4 cm³/mol. The first kappa shape index (κ1) is 14.5. The van der Waals surface area contributed by atoms with E-state index in [1.807, 2.05) is 6.92 Å². The maximum Gasteiger partial charge on any atom is 0.309 e. The van der Waals surface area contributed by atoms with Gasteiger partial charge in [0.15, 0.2) is 4.34 Å². The fourth-order valence-corrected chi connectivity index (χ4v) is 3.51. The molecule has 0 spiro atoms. The molecule has 0 aliphatic carbocycles. The summed E-state index contributed by atoms with van der Waals surface area (Å²) in [6, 6.07) is 4.87. The molecule has 1 heterocycles. The van der Waals surface area contributed by atoms with Crippen molar-refractivity contribution in [3.05, 3.63) is 45.0 Å². The van der Waals surface area contributed by atoms with E-state index in [0.29, 0.717) is 14.9 Å². The van der Waals surface area contributed by atoms with E-state index in [1.165, 1.54) is 29.2 Å². The number of rotatable bonds is 5. The Hall–Kier alpha value is -1.93. The molecule has 0 aliphatic rings. The van der Waals surface area contributed by atoms with E-state index >= 15 is 0 Å². The van der Waals surface area contributed by atoms with E-state index in [-0.39, 0.29) is 12.1 Å². The summed E-state index contributed by atoms with van der Waals surface area (Å²) in [4.78, 5) is 25.8. The molecule has 0 saturated carbocycles. The highest BCUT2D eigenvalue weighted by Gasteiger charge is 2.16. The van der Waals surface area contributed by atoms with Gasteiger partial charge in [-0.05, 0) is 18.6 Å². The van der Waals surface area contributed by atoms with Crippen LogP contribution in [0.2, 0.25) is 0 Å². The Kier molecular flexibility index (Phi) is 4.35. The molecule has 0 saturated heterocycles.